The average molecular weight is 199 g/mol. The van der Waals surface area contributed by atoms with Crippen LogP contribution in [0.15, 0.2) is 0 Å². The molecule has 86 valence electrons. The maximum absolute atomic E-state index is 2.40. The molecule has 0 aliphatic carbocycles. The molecule has 0 bridgehead atoms. The highest BCUT2D eigenvalue weighted by Gasteiger charge is 2.10. The Morgan fingerprint density at radius 3 is 1.71 bits per heavy atom. The van der Waals surface area contributed by atoms with Gasteiger partial charge in [0.05, 0.1) is 0 Å². The molecule has 0 aromatic rings. The van der Waals surface area contributed by atoms with E-state index in [-0.39, 0.29) is 0 Å². The Hall–Kier alpha value is -0.0400. The maximum Gasteiger partial charge on any atom is -0.00192 e. The van der Waals surface area contributed by atoms with E-state index in [9.17, 15) is 0 Å². The first kappa shape index (κ1) is 14.0. The van der Waals surface area contributed by atoms with Gasteiger partial charge in [-0.15, -0.1) is 0 Å². The first-order chi connectivity index (χ1) is 6.70. The Bertz CT molecular complexity index is 89.8. The van der Waals surface area contributed by atoms with Crippen LogP contribution in [-0.2, 0) is 0 Å². The van der Waals surface area contributed by atoms with Crippen molar-refractivity contribution in [1.82, 2.24) is 4.90 Å². The second-order valence-electron chi connectivity index (χ2n) is 4.69. The zero-order valence-electron chi connectivity index (χ0n) is 10.7. The maximum atomic E-state index is 2.40. The van der Waals surface area contributed by atoms with E-state index < -0.39 is 0 Å². The summed E-state index contributed by atoms with van der Waals surface area (Å²) in [7, 11) is 2.20. The van der Waals surface area contributed by atoms with Gasteiger partial charge in [-0.05, 0) is 38.9 Å². The number of unbranched alkanes of at least 4 members (excludes halogenated alkanes) is 3. The van der Waals surface area contributed by atoms with Crippen molar-refractivity contribution in [2.45, 2.75) is 59.3 Å². The van der Waals surface area contributed by atoms with Gasteiger partial charge < -0.3 is 4.90 Å². The molecule has 1 rings (SSSR count). The molecule has 0 saturated carbocycles. The van der Waals surface area contributed by atoms with Crippen molar-refractivity contribution in [1.29, 1.82) is 0 Å². The topological polar surface area (TPSA) is 3.24 Å². The molecule has 0 radical (unpaired) electrons. The highest BCUT2D eigenvalue weighted by atomic mass is 15.1. The van der Waals surface area contributed by atoms with Crippen LogP contribution >= 0.6 is 0 Å². The molecule has 1 aliphatic heterocycles. The predicted octanol–water partition coefficient (Wildman–Crippen LogP) is 3.93. The van der Waals surface area contributed by atoms with E-state index in [1.807, 2.05) is 0 Å². The largest absolute Gasteiger partial charge is 0.306 e. The van der Waals surface area contributed by atoms with Crippen molar-refractivity contribution in [3.63, 3.8) is 0 Å². The first-order valence-corrected chi connectivity index (χ1v) is 6.39. The van der Waals surface area contributed by atoms with Gasteiger partial charge in [0.1, 0.15) is 0 Å². The van der Waals surface area contributed by atoms with Crippen molar-refractivity contribution in [3.8, 4) is 0 Å². The number of rotatable bonds is 3. The lowest BCUT2D eigenvalue weighted by Crippen LogP contribution is -2.28. The lowest BCUT2D eigenvalue weighted by molar-refractivity contribution is 0.230. The van der Waals surface area contributed by atoms with E-state index in [2.05, 4.69) is 32.7 Å². The molecule has 14 heavy (non-hydrogen) atoms. The molecule has 0 unspecified atom stereocenters. The molecular weight excluding hydrogens is 170 g/mol. The fraction of sp³-hybridized carbons (Fsp3) is 1.00. The molecule has 1 heteroatoms. The van der Waals surface area contributed by atoms with E-state index in [1.165, 1.54) is 51.6 Å². The monoisotopic (exact) mass is 199 g/mol. The Morgan fingerprint density at radius 1 is 1.00 bits per heavy atom. The Balaban J connectivity index is 0.000000255. The second-order valence-corrected chi connectivity index (χ2v) is 4.69. The van der Waals surface area contributed by atoms with Crippen LogP contribution < -0.4 is 0 Å². The van der Waals surface area contributed by atoms with E-state index in [0.717, 1.165) is 5.92 Å². The van der Waals surface area contributed by atoms with Crippen molar-refractivity contribution in [2.75, 3.05) is 20.1 Å². The normalized spacial score (nSPS) is 18.9. The van der Waals surface area contributed by atoms with Crippen LogP contribution in [-0.4, -0.2) is 25.0 Å². The molecule has 0 N–H and O–H groups in total. The van der Waals surface area contributed by atoms with Crippen molar-refractivity contribution in [3.05, 3.63) is 0 Å². The zero-order valence-corrected chi connectivity index (χ0v) is 10.7. The fourth-order valence-corrected chi connectivity index (χ4v) is 1.64. The number of hydrogen-bond acceptors (Lipinski definition) is 1. The first-order valence-electron chi connectivity index (χ1n) is 6.39. The van der Waals surface area contributed by atoms with Gasteiger partial charge in [0, 0.05) is 0 Å². The van der Waals surface area contributed by atoms with Crippen LogP contribution in [0.25, 0.3) is 0 Å². The molecule has 1 fully saturated rings. The molecule has 0 spiro atoms. The van der Waals surface area contributed by atoms with Gasteiger partial charge in [0.2, 0.25) is 0 Å². The van der Waals surface area contributed by atoms with E-state index in [1.54, 1.807) is 0 Å². The lowest BCUT2D eigenvalue weighted by Gasteiger charge is -2.26. The summed E-state index contributed by atoms with van der Waals surface area (Å²) < 4.78 is 0. The summed E-state index contributed by atoms with van der Waals surface area (Å²) in [4.78, 5) is 2.40. The van der Waals surface area contributed by atoms with Gasteiger partial charge in [0.25, 0.3) is 0 Å². The van der Waals surface area contributed by atoms with Gasteiger partial charge >= 0.3 is 0 Å². The molecular formula is C13H29N. The Labute approximate surface area is 90.9 Å². The van der Waals surface area contributed by atoms with Crippen LogP contribution in [0.1, 0.15) is 59.3 Å². The van der Waals surface area contributed by atoms with Gasteiger partial charge in [-0.2, -0.15) is 0 Å². The fourth-order valence-electron chi connectivity index (χ4n) is 1.64. The lowest BCUT2D eigenvalue weighted by atomic mass is 10.00. The standard InChI is InChI=1S/C7H15N.C6H14/c1-7-3-5-8(2)6-4-7;1-3-5-6-4-2/h7H,3-6H2,1-2H3;3-6H2,1-2H3. The number of nitrogens with zero attached hydrogens (tertiary/aromatic N) is 1. The molecule has 1 heterocycles. The van der Waals surface area contributed by atoms with Gasteiger partial charge in [-0.3, -0.25) is 0 Å². The summed E-state index contributed by atoms with van der Waals surface area (Å²) in [5.41, 5.74) is 0. The van der Waals surface area contributed by atoms with E-state index >= 15 is 0 Å². The van der Waals surface area contributed by atoms with Crippen LogP contribution in [0.2, 0.25) is 0 Å². The summed E-state index contributed by atoms with van der Waals surface area (Å²) >= 11 is 0. The third-order valence-electron chi connectivity index (χ3n) is 2.96. The quantitative estimate of drug-likeness (QED) is 0.622. The van der Waals surface area contributed by atoms with Crippen molar-refractivity contribution < 1.29 is 0 Å². The van der Waals surface area contributed by atoms with Crippen molar-refractivity contribution in [2.24, 2.45) is 5.92 Å². The van der Waals surface area contributed by atoms with E-state index in [4.69, 9.17) is 0 Å². The molecule has 0 aromatic heterocycles. The minimum absolute atomic E-state index is 0.978. The molecule has 0 amide bonds. The highest BCUT2D eigenvalue weighted by Crippen LogP contribution is 2.13. The van der Waals surface area contributed by atoms with Crippen LogP contribution in [0, 0.1) is 5.92 Å². The summed E-state index contributed by atoms with van der Waals surface area (Å²) in [6.07, 6.45) is 8.34. The van der Waals surface area contributed by atoms with Gasteiger partial charge in [-0.1, -0.05) is 46.5 Å². The molecule has 1 saturated heterocycles. The highest BCUT2D eigenvalue weighted by molar-refractivity contribution is 4.65. The number of likely N-dealkylation sites (tertiary alicyclic amines) is 1. The minimum atomic E-state index is 0.978. The minimum Gasteiger partial charge on any atom is -0.306 e. The summed E-state index contributed by atoms with van der Waals surface area (Å²) in [5, 5.41) is 0. The Kier molecular flexibility index (Phi) is 9.49. The van der Waals surface area contributed by atoms with Crippen LogP contribution in [0.3, 0.4) is 0 Å². The second kappa shape index (κ2) is 9.51. The van der Waals surface area contributed by atoms with Gasteiger partial charge in [0.15, 0.2) is 0 Å². The summed E-state index contributed by atoms with van der Waals surface area (Å²) in [6, 6.07) is 0. The van der Waals surface area contributed by atoms with Gasteiger partial charge in [-0.25, -0.2) is 0 Å². The zero-order chi connectivity index (χ0) is 10.8. The molecule has 0 atom stereocenters. The predicted molar refractivity (Wildman–Crippen MR) is 65.7 cm³/mol. The third kappa shape index (κ3) is 8.55. The third-order valence-corrected chi connectivity index (χ3v) is 2.96. The summed E-state index contributed by atoms with van der Waals surface area (Å²) in [6.45, 7) is 9.42. The van der Waals surface area contributed by atoms with Crippen LogP contribution in [0.4, 0.5) is 0 Å². The molecule has 1 nitrogen and oxygen atoms in total. The average Bonchev–Trinajstić information content (AvgIpc) is 2.20. The Morgan fingerprint density at radius 2 is 1.43 bits per heavy atom. The number of hydrogen-bond donors (Lipinski definition) is 0. The molecule has 1 aliphatic rings. The molecule has 0 aromatic carbocycles. The van der Waals surface area contributed by atoms with E-state index in [0.29, 0.717) is 0 Å². The van der Waals surface area contributed by atoms with Crippen molar-refractivity contribution >= 4 is 0 Å². The number of piperidine rings is 1. The summed E-state index contributed by atoms with van der Waals surface area (Å²) in [5.74, 6) is 0.978. The van der Waals surface area contributed by atoms with Crippen LogP contribution in [0.5, 0.6) is 0 Å². The SMILES string of the molecule is CC1CCN(C)CC1.CCCCCC. The smallest absolute Gasteiger partial charge is 0.00192 e.